The van der Waals surface area contributed by atoms with Crippen molar-refractivity contribution in [1.29, 1.82) is 0 Å². The summed E-state index contributed by atoms with van der Waals surface area (Å²) in [4.78, 5) is 13.2. The molecule has 0 amide bonds. The van der Waals surface area contributed by atoms with Gasteiger partial charge < -0.3 is 24.6 Å². The van der Waals surface area contributed by atoms with Gasteiger partial charge in [-0.3, -0.25) is 0 Å². The molecule has 8 heteroatoms. The van der Waals surface area contributed by atoms with Crippen LogP contribution in [0.1, 0.15) is 0 Å². The van der Waals surface area contributed by atoms with Gasteiger partial charge in [-0.15, -0.1) is 0 Å². The Hall–Kier alpha value is -3.55. The molecule has 29 heavy (non-hydrogen) atoms. The van der Waals surface area contributed by atoms with E-state index in [1.807, 2.05) is 36.4 Å². The van der Waals surface area contributed by atoms with Gasteiger partial charge in [-0.2, -0.15) is 0 Å². The summed E-state index contributed by atoms with van der Waals surface area (Å²) in [5.41, 5.74) is 1.92. The Morgan fingerprint density at radius 1 is 0.828 bits per heavy atom. The lowest BCUT2D eigenvalue weighted by Crippen LogP contribution is -2.46. The summed E-state index contributed by atoms with van der Waals surface area (Å²) in [7, 11) is 0. The maximum atomic E-state index is 13.1. The number of piperazine rings is 1. The van der Waals surface area contributed by atoms with Crippen molar-refractivity contribution < 1.29 is 13.9 Å². The molecule has 5 rings (SSSR count). The topological polar surface area (TPSA) is 62.8 Å². The smallest absolute Gasteiger partial charge is 0.231 e. The van der Waals surface area contributed by atoms with E-state index in [-0.39, 0.29) is 12.6 Å². The fraction of sp³-hybridized carbons (Fsp3) is 0.238. The third kappa shape index (κ3) is 3.73. The Morgan fingerprint density at radius 3 is 2.41 bits per heavy atom. The second-order valence-corrected chi connectivity index (χ2v) is 6.90. The minimum absolute atomic E-state index is 0.212. The molecular formula is C21H20FN5O2. The summed E-state index contributed by atoms with van der Waals surface area (Å²) in [5.74, 6) is 2.85. The highest BCUT2D eigenvalue weighted by Gasteiger charge is 2.19. The van der Waals surface area contributed by atoms with Crippen LogP contribution in [0.25, 0.3) is 0 Å². The number of benzene rings is 2. The van der Waals surface area contributed by atoms with Crippen molar-refractivity contribution in [1.82, 2.24) is 9.97 Å². The number of anilines is 4. The first-order chi connectivity index (χ1) is 14.2. The van der Waals surface area contributed by atoms with Crippen molar-refractivity contribution in [2.75, 3.05) is 48.1 Å². The number of nitrogens with one attached hydrogen (secondary N) is 1. The minimum atomic E-state index is -0.212. The first-order valence-corrected chi connectivity index (χ1v) is 9.49. The largest absolute Gasteiger partial charge is 0.454 e. The summed E-state index contributed by atoms with van der Waals surface area (Å²) >= 11 is 0. The predicted octanol–water partition coefficient (Wildman–Crippen LogP) is 3.41. The molecule has 1 saturated heterocycles. The Morgan fingerprint density at radius 2 is 1.59 bits per heavy atom. The van der Waals surface area contributed by atoms with Crippen LogP contribution in [0.3, 0.4) is 0 Å². The van der Waals surface area contributed by atoms with Crippen LogP contribution in [0, 0.1) is 5.82 Å². The van der Waals surface area contributed by atoms with Crippen molar-refractivity contribution >= 4 is 23.0 Å². The third-order valence-corrected chi connectivity index (χ3v) is 5.09. The van der Waals surface area contributed by atoms with Gasteiger partial charge in [0.2, 0.25) is 6.79 Å². The van der Waals surface area contributed by atoms with Gasteiger partial charge in [0.05, 0.1) is 0 Å². The molecule has 1 aromatic heterocycles. The van der Waals surface area contributed by atoms with E-state index in [0.717, 1.165) is 60.7 Å². The molecule has 1 N–H and O–H groups in total. The lowest BCUT2D eigenvalue weighted by molar-refractivity contribution is 0.174. The number of nitrogens with zero attached hydrogens (tertiary/aromatic N) is 4. The molecule has 0 spiro atoms. The van der Waals surface area contributed by atoms with Gasteiger partial charge in [0, 0.05) is 49.7 Å². The molecule has 3 aromatic rings. The van der Waals surface area contributed by atoms with Crippen molar-refractivity contribution in [3.05, 3.63) is 60.7 Å². The molecule has 0 bridgehead atoms. The summed E-state index contributed by atoms with van der Waals surface area (Å²) in [6.45, 7) is 3.61. The fourth-order valence-corrected chi connectivity index (χ4v) is 3.56. The lowest BCUT2D eigenvalue weighted by atomic mass is 10.2. The summed E-state index contributed by atoms with van der Waals surface area (Å²) < 4.78 is 23.9. The number of ether oxygens (including phenoxy) is 2. The molecule has 0 saturated carbocycles. The van der Waals surface area contributed by atoms with E-state index in [9.17, 15) is 4.39 Å². The van der Waals surface area contributed by atoms with Gasteiger partial charge in [0.25, 0.3) is 0 Å². The molecule has 2 aliphatic heterocycles. The van der Waals surface area contributed by atoms with Crippen molar-refractivity contribution in [3.8, 4) is 11.5 Å². The zero-order valence-electron chi connectivity index (χ0n) is 15.7. The maximum Gasteiger partial charge on any atom is 0.231 e. The van der Waals surface area contributed by atoms with Crippen LogP contribution < -0.4 is 24.6 Å². The first-order valence-electron chi connectivity index (χ1n) is 9.49. The van der Waals surface area contributed by atoms with Gasteiger partial charge in [0.15, 0.2) is 11.5 Å². The van der Waals surface area contributed by atoms with Crippen molar-refractivity contribution in [2.24, 2.45) is 0 Å². The quantitative estimate of drug-likeness (QED) is 0.729. The SMILES string of the molecule is Fc1ccc(N2CCN(c3cc(Nc4ccc5c(c4)OCO5)ncn3)CC2)cc1. The van der Waals surface area contributed by atoms with Crippen LogP contribution in [0.2, 0.25) is 0 Å². The number of aromatic nitrogens is 2. The van der Waals surface area contributed by atoms with Crippen molar-refractivity contribution in [3.63, 3.8) is 0 Å². The van der Waals surface area contributed by atoms with Gasteiger partial charge in [-0.1, -0.05) is 0 Å². The van der Waals surface area contributed by atoms with E-state index < -0.39 is 0 Å². The van der Waals surface area contributed by atoms with E-state index in [1.54, 1.807) is 6.33 Å². The fourth-order valence-electron chi connectivity index (χ4n) is 3.56. The van der Waals surface area contributed by atoms with Crippen LogP contribution in [-0.4, -0.2) is 42.9 Å². The molecule has 0 atom stereocenters. The highest BCUT2D eigenvalue weighted by molar-refractivity contribution is 5.63. The van der Waals surface area contributed by atoms with Crippen molar-refractivity contribution in [2.45, 2.75) is 0 Å². The molecule has 0 radical (unpaired) electrons. The highest BCUT2D eigenvalue weighted by Crippen LogP contribution is 2.35. The Bertz CT molecular complexity index is 1010. The third-order valence-electron chi connectivity index (χ3n) is 5.09. The molecule has 0 aliphatic carbocycles. The second kappa shape index (κ2) is 7.46. The number of hydrogen-bond acceptors (Lipinski definition) is 7. The standard InChI is InChI=1S/C21H20FN5O2/c22-15-1-4-17(5-2-15)26-7-9-27(10-8-26)21-12-20(23-13-24-21)25-16-3-6-18-19(11-16)29-14-28-18/h1-6,11-13H,7-10,14H2,(H,23,24,25). The summed E-state index contributed by atoms with van der Waals surface area (Å²) in [6, 6.07) is 14.3. The molecular weight excluding hydrogens is 373 g/mol. The zero-order valence-corrected chi connectivity index (χ0v) is 15.7. The highest BCUT2D eigenvalue weighted by atomic mass is 19.1. The van der Waals surface area contributed by atoms with Crippen LogP contribution in [0.5, 0.6) is 11.5 Å². The zero-order chi connectivity index (χ0) is 19.6. The first kappa shape index (κ1) is 17.5. The normalized spacial score (nSPS) is 15.5. The Balaban J connectivity index is 1.25. The number of rotatable bonds is 4. The molecule has 1 fully saturated rings. The predicted molar refractivity (Wildman–Crippen MR) is 109 cm³/mol. The maximum absolute atomic E-state index is 13.1. The van der Waals surface area contributed by atoms with Gasteiger partial charge >= 0.3 is 0 Å². The van der Waals surface area contributed by atoms with Gasteiger partial charge in [-0.25, -0.2) is 14.4 Å². The van der Waals surface area contributed by atoms with Gasteiger partial charge in [-0.05, 0) is 36.4 Å². The second-order valence-electron chi connectivity index (χ2n) is 6.90. The van der Waals surface area contributed by atoms with E-state index in [2.05, 4.69) is 25.1 Å². The van der Waals surface area contributed by atoms with E-state index >= 15 is 0 Å². The molecule has 0 unspecified atom stereocenters. The molecule has 7 nitrogen and oxygen atoms in total. The average Bonchev–Trinajstić information content (AvgIpc) is 3.23. The Kier molecular flexibility index (Phi) is 4.51. The van der Waals surface area contributed by atoms with E-state index in [1.165, 1.54) is 12.1 Å². The lowest BCUT2D eigenvalue weighted by Gasteiger charge is -2.36. The summed E-state index contributed by atoms with van der Waals surface area (Å²) in [6.07, 6.45) is 1.57. The van der Waals surface area contributed by atoms with Crippen LogP contribution in [-0.2, 0) is 0 Å². The molecule has 3 heterocycles. The molecule has 148 valence electrons. The van der Waals surface area contributed by atoms with Crippen LogP contribution >= 0.6 is 0 Å². The summed E-state index contributed by atoms with van der Waals surface area (Å²) in [5, 5.41) is 3.29. The number of halogens is 1. The molecule has 2 aliphatic rings. The Labute approximate surface area is 167 Å². The molecule has 2 aromatic carbocycles. The van der Waals surface area contributed by atoms with Crippen LogP contribution in [0.4, 0.5) is 27.4 Å². The minimum Gasteiger partial charge on any atom is -0.454 e. The van der Waals surface area contributed by atoms with Crippen LogP contribution in [0.15, 0.2) is 54.9 Å². The number of fused-ring (bicyclic) bond motifs is 1. The van der Waals surface area contributed by atoms with Gasteiger partial charge in [0.1, 0.15) is 23.8 Å². The monoisotopic (exact) mass is 393 g/mol. The average molecular weight is 393 g/mol. The van der Waals surface area contributed by atoms with E-state index in [0.29, 0.717) is 0 Å². The van der Waals surface area contributed by atoms with E-state index in [4.69, 9.17) is 9.47 Å². The number of hydrogen-bond donors (Lipinski definition) is 1.